The van der Waals surface area contributed by atoms with Gasteiger partial charge in [0, 0.05) is 6.04 Å². The van der Waals surface area contributed by atoms with Crippen molar-refractivity contribution in [2.24, 2.45) is 5.92 Å². The van der Waals surface area contributed by atoms with E-state index in [0.717, 1.165) is 19.8 Å². The van der Waals surface area contributed by atoms with Crippen LogP contribution in [0.2, 0.25) is 0 Å². The van der Waals surface area contributed by atoms with Gasteiger partial charge in [0.1, 0.15) is 0 Å². The summed E-state index contributed by atoms with van der Waals surface area (Å²) >= 11 is 0. The van der Waals surface area contributed by atoms with Gasteiger partial charge in [0.2, 0.25) is 0 Å². The van der Waals surface area contributed by atoms with E-state index in [1.165, 1.54) is 0 Å². The first-order valence-corrected chi connectivity index (χ1v) is 4.80. The van der Waals surface area contributed by atoms with Crippen LogP contribution in [-0.4, -0.2) is 32.0 Å². The molecule has 0 radical (unpaired) electrons. The lowest BCUT2D eigenvalue weighted by Crippen LogP contribution is -2.37. The largest absolute Gasteiger partial charge is 0.414 e. The molecule has 5 heteroatoms. The van der Waals surface area contributed by atoms with Gasteiger partial charge in [-0.1, -0.05) is 0 Å². The molecule has 0 aromatic rings. The lowest BCUT2D eigenvalue weighted by atomic mass is 10.2. The third kappa shape index (κ3) is 3.46. The fourth-order valence-corrected chi connectivity index (χ4v) is 1.30. The molecule has 0 spiro atoms. The first-order valence-electron chi connectivity index (χ1n) is 4.80. The van der Waals surface area contributed by atoms with Crippen molar-refractivity contribution in [1.82, 2.24) is 5.32 Å². The highest BCUT2D eigenvalue weighted by Gasteiger charge is 2.38. The molecule has 1 aliphatic carbocycles. The second kappa shape index (κ2) is 4.49. The maximum Gasteiger partial charge on any atom is 0.414 e. The molecule has 1 N–H and O–H groups in total. The molecule has 84 valence electrons. The van der Waals surface area contributed by atoms with Crippen LogP contribution in [0.3, 0.4) is 0 Å². The normalized spacial score (nSPS) is 22.1. The Morgan fingerprint density at radius 2 is 2.00 bits per heavy atom. The second-order valence-corrected chi connectivity index (χ2v) is 3.75. The Morgan fingerprint density at radius 3 is 2.36 bits per heavy atom. The molecule has 1 rings (SSSR count). The third-order valence-electron chi connectivity index (χ3n) is 2.55. The predicted octanol–water partition coefficient (Wildman–Crippen LogP) is 1.95. The number of hydrogen-bond donors (Lipinski definition) is 1. The zero-order valence-corrected chi connectivity index (χ0v) is 8.40. The summed E-state index contributed by atoms with van der Waals surface area (Å²) in [6.45, 7) is 1.18. The number of ether oxygens (including phenoxy) is 1. The average molecular weight is 211 g/mol. The van der Waals surface area contributed by atoms with Crippen LogP contribution in [-0.2, 0) is 4.74 Å². The fourth-order valence-electron chi connectivity index (χ4n) is 1.30. The number of nitrogens with one attached hydrogen (secondary N) is 1. The smallest absolute Gasteiger partial charge is 0.367 e. The lowest BCUT2D eigenvalue weighted by Gasteiger charge is -2.21. The second-order valence-electron chi connectivity index (χ2n) is 3.75. The maximum atomic E-state index is 12.1. The first-order chi connectivity index (χ1) is 6.45. The van der Waals surface area contributed by atoms with Crippen molar-refractivity contribution in [2.45, 2.75) is 38.1 Å². The Morgan fingerprint density at radius 1 is 1.43 bits per heavy atom. The molecule has 2 atom stereocenters. The Bertz CT molecular complexity index is 177. The molecular weight excluding hydrogens is 195 g/mol. The Labute approximate surface area is 81.8 Å². The quantitative estimate of drug-likeness (QED) is 0.750. The van der Waals surface area contributed by atoms with Crippen molar-refractivity contribution in [3.8, 4) is 0 Å². The van der Waals surface area contributed by atoms with E-state index < -0.39 is 12.3 Å². The van der Waals surface area contributed by atoms with Crippen LogP contribution in [0.25, 0.3) is 0 Å². The number of alkyl halides is 3. The molecule has 0 saturated heterocycles. The first kappa shape index (κ1) is 11.8. The Hall–Kier alpha value is -0.290. The molecule has 1 fully saturated rings. The topological polar surface area (TPSA) is 21.3 Å². The predicted molar refractivity (Wildman–Crippen MR) is 47.0 cm³/mol. The summed E-state index contributed by atoms with van der Waals surface area (Å²) in [7, 11) is 1.75. The molecule has 1 aliphatic rings. The number of hydrogen-bond acceptors (Lipinski definition) is 2. The van der Waals surface area contributed by atoms with E-state index in [1.807, 2.05) is 0 Å². The maximum absolute atomic E-state index is 12.1. The molecule has 0 bridgehead atoms. The van der Waals surface area contributed by atoms with E-state index >= 15 is 0 Å². The van der Waals surface area contributed by atoms with E-state index in [2.05, 4.69) is 5.32 Å². The highest BCUT2D eigenvalue weighted by molar-refractivity contribution is 4.85. The van der Waals surface area contributed by atoms with Crippen LogP contribution in [0.15, 0.2) is 0 Å². The molecule has 0 amide bonds. The minimum absolute atomic E-state index is 0.0693. The molecule has 0 aliphatic heterocycles. The monoisotopic (exact) mass is 211 g/mol. The summed E-state index contributed by atoms with van der Waals surface area (Å²) in [6, 6.07) is 0.0693. The number of halogens is 3. The Balaban J connectivity index is 2.24. The lowest BCUT2D eigenvalue weighted by molar-refractivity contribution is -0.215. The average Bonchev–Trinajstić information content (AvgIpc) is 2.87. The summed E-state index contributed by atoms with van der Waals surface area (Å²) in [5.74, 6) is 0.500. The third-order valence-corrected chi connectivity index (χ3v) is 2.55. The van der Waals surface area contributed by atoms with Gasteiger partial charge in [0.15, 0.2) is 6.10 Å². The minimum Gasteiger partial charge on any atom is -0.367 e. The molecule has 2 nitrogen and oxygen atoms in total. The molecule has 1 saturated carbocycles. The van der Waals surface area contributed by atoms with Gasteiger partial charge in [-0.05, 0) is 32.7 Å². The van der Waals surface area contributed by atoms with Crippen LogP contribution in [0.5, 0.6) is 0 Å². The van der Waals surface area contributed by atoms with Crippen LogP contribution in [0.1, 0.15) is 19.8 Å². The van der Waals surface area contributed by atoms with Gasteiger partial charge in [0.05, 0.1) is 6.61 Å². The van der Waals surface area contributed by atoms with Crippen LogP contribution < -0.4 is 5.32 Å². The van der Waals surface area contributed by atoms with Gasteiger partial charge in [-0.25, -0.2) is 0 Å². The van der Waals surface area contributed by atoms with Crippen molar-refractivity contribution in [3.63, 3.8) is 0 Å². The molecule has 14 heavy (non-hydrogen) atoms. The zero-order chi connectivity index (χ0) is 10.8. The van der Waals surface area contributed by atoms with E-state index in [9.17, 15) is 13.2 Å². The van der Waals surface area contributed by atoms with Gasteiger partial charge in [-0.15, -0.1) is 0 Å². The number of likely N-dealkylation sites (N-methyl/N-ethyl adjacent to an activating group) is 1. The SMILES string of the molecule is CNC(COC(C)C(F)(F)F)C1CC1. The zero-order valence-electron chi connectivity index (χ0n) is 8.40. The van der Waals surface area contributed by atoms with Crippen molar-refractivity contribution >= 4 is 0 Å². The van der Waals surface area contributed by atoms with E-state index in [4.69, 9.17) is 4.74 Å². The number of rotatable bonds is 5. The molecule has 0 aromatic heterocycles. The highest BCUT2D eigenvalue weighted by Crippen LogP contribution is 2.33. The molecule has 0 heterocycles. The van der Waals surface area contributed by atoms with Crippen molar-refractivity contribution in [1.29, 1.82) is 0 Å². The minimum atomic E-state index is -4.25. The van der Waals surface area contributed by atoms with Crippen LogP contribution in [0, 0.1) is 5.92 Å². The van der Waals surface area contributed by atoms with Gasteiger partial charge in [-0.2, -0.15) is 13.2 Å². The summed E-state index contributed by atoms with van der Waals surface area (Å²) in [5.41, 5.74) is 0. The van der Waals surface area contributed by atoms with Gasteiger partial charge in [0.25, 0.3) is 0 Å². The standard InChI is InChI=1S/C9H16F3NO/c1-6(9(10,11)12)14-5-8(13-2)7-3-4-7/h6-8,13H,3-5H2,1-2H3. The summed E-state index contributed by atoms with van der Waals surface area (Å²) in [5, 5.41) is 2.98. The van der Waals surface area contributed by atoms with E-state index in [1.54, 1.807) is 7.05 Å². The Kier molecular flexibility index (Phi) is 3.78. The molecule has 2 unspecified atom stereocenters. The van der Waals surface area contributed by atoms with Gasteiger partial charge < -0.3 is 10.1 Å². The van der Waals surface area contributed by atoms with E-state index in [0.29, 0.717) is 5.92 Å². The van der Waals surface area contributed by atoms with E-state index in [-0.39, 0.29) is 12.6 Å². The van der Waals surface area contributed by atoms with Crippen LogP contribution in [0.4, 0.5) is 13.2 Å². The van der Waals surface area contributed by atoms with Gasteiger partial charge >= 0.3 is 6.18 Å². The fraction of sp³-hybridized carbons (Fsp3) is 1.00. The highest BCUT2D eigenvalue weighted by atomic mass is 19.4. The molecular formula is C9H16F3NO. The van der Waals surface area contributed by atoms with Gasteiger partial charge in [-0.3, -0.25) is 0 Å². The van der Waals surface area contributed by atoms with Crippen molar-refractivity contribution in [3.05, 3.63) is 0 Å². The van der Waals surface area contributed by atoms with Crippen LogP contribution >= 0.6 is 0 Å². The summed E-state index contributed by atoms with van der Waals surface area (Å²) < 4.78 is 41.0. The summed E-state index contributed by atoms with van der Waals surface area (Å²) in [6.07, 6.45) is -3.73. The van der Waals surface area contributed by atoms with Crippen molar-refractivity contribution < 1.29 is 17.9 Å². The van der Waals surface area contributed by atoms with Crippen molar-refractivity contribution in [2.75, 3.05) is 13.7 Å². The molecule has 0 aromatic carbocycles. The summed E-state index contributed by atoms with van der Waals surface area (Å²) in [4.78, 5) is 0.